The van der Waals surface area contributed by atoms with Crippen molar-refractivity contribution < 1.29 is 8.42 Å². The molecule has 2 N–H and O–H groups in total. The van der Waals surface area contributed by atoms with Crippen LogP contribution in [0.3, 0.4) is 0 Å². The molecule has 1 heterocycles. The Morgan fingerprint density at radius 2 is 1.67 bits per heavy atom. The molecule has 0 fully saturated rings. The van der Waals surface area contributed by atoms with Gasteiger partial charge in [-0.15, -0.1) is 0 Å². The van der Waals surface area contributed by atoms with Crippen LogP contribution in [0, 0.1) is 0 Å². The van der Waals surface area contributed by atoms with Gasteiger partial charge in [-0.25, -0.2) is 18.4 Å². The molecule has 0 aliphatic heterocycles. The number of aromatic nitrogens is 2. The molecule has 0 saturated carbocycles. The average Bonchev–Trinajstić information content (AvgIpc) is 2.43. The quantitative estimate of drug-likeness (QED) is 0.805. The summed E-state index contributed by atoms with van der Waals surface area (Å²) in [7, 11) is -2.26. The van der Waals surface area contributed by atoms with Crippen LogP contribution in [-0.2, 0) is 10.0 Å². The minimum atomic E-state index is -3.88. The molecule has 6 nitrogen and oxygen atoms in total. The third kappa shape index (κ3) is 3.76. The van der Waals surface area contributed by atoms with E-state index in [-0.39, 0.29) is 20.6 Å². The largest absolute Gasteiger partial charge is 0.357 e. The molecule has 1 aromatic heterocycles. The van der Waals surface area contributed by atoms with Gasteiger partial charge >= 0.3 is 0 Å². The molecular weight excluding hydrogens is 403 g/mol. The van der Waals surface area contributed by atoms with E-state index in [4.69, 9.17) is 23.2 Å². The van der Waals surface area contributed by atoms with Gasteiger partial charge in [-0.1, -0.05) is 39.1 Å². The Kier molecular flexibility index (Phi) is 4.92. The summed E-state index contributed by atoms with van der Waals surface area (Å²) in [5, 5.41) is 3.04. The molecule has 0 amide bonds. The standard InChI is InChI=1S/C11H9BrCl2N4O2S/c1-15-11-16-4-7(5-17-11)21(19,20)18-10-8(13)2-6(12)3-9(10)14/h2-5,18H,1H3,(H,15,16,17). The summed E-state index contributed by atoms with van der Waals surface area (Å²) in [6.07, 6.45) is 2.36. The van der Waals surface area contributed by atoms with E-state index in [0.717, 1.165) is 0 Å². The van der Waals surface area contributed by atoms with Gasteiger partial charge in [0.05, 0.1) is 28.1 Å². The van der Waals surface area contributed by atoms with Crippen molar-refractivity contribution in [3.05, 3.63) is 39.0 Å². The van der Waals surface area contributed by atoms with Gasteiger partial charge in [-0.05, 0) is 12.1 Å². The third-order valence-corrected chi connectivity index (χ3v) is 4.76. The van der Waals surface area contributed by atoms with Crippen LogP contribution in [0.15, 0.2) is 33.9 Å². The number of nitrogens with one attached hydrogen (secondary N) is 2. The Labute approximate surface area is 140 Å². The first-order valence-corrected chi connectivity index (χ1v) is 8.54. The van der Waals surface area contributed by atoms with Crippen molar-refractivity contribution in [3.63, 3.8) is 0 Å². The van der Waals surface area contributed by atoms with Crippen molar-refractivity contribution in [1.82, 2.24) is 9.97 Å². The van der Waals surface area contributed by atoms with Crippen LogP contribution in [0.5, 0.6) is 0 Å². The van der Waals surface area contributed by atoms with E-state index in [9.17, 15) is 8.42 Å². The van der Waals surface area contributed by atoms with Gasteiger partial charge in [0.25, 0.3) is 10.0 Å². The van der Waals surface area contributed by atoms with Crippen LogP contribution in [0.4, 0.5) is 11.6 Å². The Morgan fingerprint density at radius 3 is 2.14 bits per heavy atom. The SMILES string of the molecule is CNc1ncc(S(=O)(=O)Nc2c(Cl)cc(Br)cc2Cl)cn1. The summed E-state index contributed by atoms with van der Waals surface area (Å²) in [5.74, 6) is 0.314. The zero-order valence-electron chi connectivity index (χ0n) is 10.6. The van der Waals surface area contributed by atoms with Gasteiger partial charge in [-0.3, -0.25) is 4.72 Å². The topological polar surface area (TPSA) is 84.0 Å². The van der Waals surface area contributed by atoms with E-state index < -0.39 is 10.0 Å². The van der Waals surface area contributed by atoms with Crippen molar-refractivity contribution in [2.24, 2.45) is 0 Å². The Bertz CT molecular complexity index is 745. The van der Waals surface area contributed by atoms with Gasteiger partial charge in [0.2, 0.25) is 5.95 Å². The number of hydrogen-bond donors (Lipinski definition) is 2. The molecule has 0 spiro atoms. The number of sulfonamides is 1. The second kappa shape index (κ2) is 6.35. The number of hydrogen-bond acceptors (Lipinski definition) is 5. The van der Waals surface area contributed by atoms with Crippen LogP contribution in [-0.4, -0.2) is 25.4 Å². The lowest BCUT2D eigenvalue weighted by Gasteiger charge is -2.11. The predicted octanol–water partition coefficient (Wildman–Crippen LogP) is 3.39. The molecule has 0 radical (unpaired) electrons. The smallest absolute Gasteiger partial charge is 0.265 e. The fourth-order valence-corrected chi connectivity index (χ4v) is 3.82. The van der Waals surface area contributed by atoms with E-state index in [1.807, 2.05) is 0 Å². The molecule has 0 saturated heterocycles. The average molecular weight is 412 g/mol. The second-order valence-corrected chi connectivity index (χ2v) is 7.25. The molecule has 0 aliphatic rings. The van der Waals surface area contributed by atoms with E-state index in [1.165, 1.54) is 24.5 Å². The molecule has 0 aliphatic carbocycles. The highest BCUT2D eigenvalue weighted by Crippen LogP contribution is 2.35. The molecule has 0 atom stereocenters. The predicted molar refractivity (Wildman–Crippen MR) is 86.5 cm³/mol. The van der Waals surface area contributed by atoms with Gasteiger partial charge < -0.3 is 5.32 Å². The fourth-order valence-electron chi connectivity index (χ4n) is 1.42. The Balaban J connectivity index is 2.37. The van der Waals surface area contributed by atoms with Crippen LogP contribution >= 0.6 is 39.1 Å². The maximum atomic E-state index is 12.3. The van der Waals surface area contributed by atoms with Crippen molar-refractivity contribution in [2.45, 2.75) is 4.90 Å². The van der Waals surface area contributed by atoms with Crippen LogP contribution in [0.2, 0.25) is 10.0 Å². The highest BCUT2D eigenvalue weighted by molar-refractivity contribution is 9.10. The summed E-state index contributed by atoms with van der Waals surface area (Å²) in [6.45, 7) is 0. The normalized spacial score (nSPS) is 11.2. The molecule has 112 valence electrons. The van der Waals surface area contributed by atoms with E-state index in [1.54, 1.807) is 7.05 Å². The lowest BCUT2D eigenvalue weighted by atomic mass is 10.3. The molecular formula is C11H9BrCl2N4O2S. The number of anilines is 2. The summed E-state index contributed by atoms with van der Waals surface area (Å²) >= 11 is 15.2. The van der Waals surface area contributed by atoms with Crippen molar-refractivity contribution in [3.8, 4) is 0 Å². The van der Waals surface area contributed by atoms with E-state index >= 15 is 0 Å². The van der Waals surface area contributed by atoms with Crippen LogP contribution in [0.25, 0.3) is 0 Å². The molecule has 1 aromatic carbocycles. The Hall–Kier alpha value is -1.09. The highest BCUT2D eigenvalue weighted by atomic mass is 79.9. The highest BCUT2D eigenvalue weighted by Gasteiger charge is 2.19. The van der Waals surface area contributed by atoms with Crippen LogP contribution in [0.1, 0.15) is 0 Å². The molecule has 2 rings (SSSR count). The second-order valence-electron chi connectivity index (χ2n) is 3.84. The zero-order chi connectivity index (χ0) is 15.6. The first-order chi connectivity index (χ1) is 9.83. The van der Waals surface area contributed by atoms with E-state index in [2.05, 4.69) is 35.9 Å². The lowest BCUT2D eigenvalue weighted by molar-refractivity contribution is 0.600. The summed E-state index contributed by atoms with van der Waals surface area (Å²) in [5.41, 5.74) is 0.0965. The number of halogens is 3. The maximum Gasteiger partial charge on any atom is 0.265 e. The van der Waals surface area contributed by atoms with Gasteiger partial charge in [0.15, 0.2) is 0 Å². The Morgan fingerprint density at radius 1 is 1.14 bits per heavy atom. The third-order valence-electron chi connectivity index (χ3n) is 2.41. The maximum absolute atomic E-state index is 12.3. The van der Waals surface area contributed by atoms with E-state index in [0.29, 0.717) is 10.4 Å². The van der Waals surface area contributed by atoms with Gasteiger partial charge in [-0.2, -0.15) is 0 Å². The first kappa shape index (κ1) is 16.3. The molecule has 2 aromatic rings. The molecule has 0 bridgehead atoms. The van der Waals surface area contributed by atoms with Crippen molar-refractivity contribution >= 4 is 60.8 Å². The summed E-state index contributed by atoms with van der Waals surface area (Å²) < 4.78 is 27.5. The first-order valence-electron chi connectivity index (χ1n) is 5.50. The molecule has 21 heavy (non-hydrogen) atoms. The van der Waals surface area contributed by atoms with Gasteiger partial charge in [0, 0.05) is 11.5 Å². The summed E-state index contributed by atoms with van der Waals surface area (Å²) in [4.78, 5) is 7.60. The van der Waals surface area contributed by atoms with Crippen molar-refractivity contribution in [1.29, 1.82) is 0 Å². The van der Waals surface area contributed by atoms with Crippen LogP contribution < -0.4 is 10.0 Å². The zero-order valence-corrected chi connectivity index (χ0v) is 14.5. The molecule has 0 unspecified atom stereocenters. The summed E-state index contributed by atoms with van der Waals surface area (Å²) in [6, 6.07) is 3.07. The number of benzene rings is 1. The minimum absolute atomic E-state index is 0.0965. The monoisotopic (exact) mass is 410 g/mol. The van der Waals surface area contributed by atoms with Crippen molar-refractivity contribution in [2.75, 3.05) is 17.1 Å². The fraction of sp³-hybridized carbons (Fsp3) is 0.0909. The van der Waals surface area contributed by atoms with Gasteiger partial charge in [0.1, 0.15) is 4.90 Å². The minimum Gasteiger partial charge on any atom is -0.357 e. The lowest BCUT2D eigenvalue weighted by Crippen LogP contribution is -2.14. The number of nitrogens with zero attached hydrogens (tertiary/aromatic N) is 2. The number of rotatable bonds is 4. The molecule has 10 heteroatoms.